The van der Waals surface area contributed by atoms with Gasteiger partial charge in [0.2, 0.25) is 4.96 Å². The largest absolute Gasteiger partial charge is 0.611 e. The molecule has 5 nitrogen and oxygen atoms in total. The second-order valence-electron chi connectivity index (χ2n) is 5.54. The molecule has 15 heteroatoms. The van der Waals surface area contributed by atoms with Gasteiger partial charge in [-0.25, -0.2) is 14.5 Å². The monoisotopic (exact) mass is 464 g/mol. The molecule has 0 saturated carbocycles. The van der Waals surface area contributed by atoms with Gasteiger partial charge in [0.25, 0.3) is 0 Å². The molecule has 0 aliphatic rings. The van der Waals surface area contributed by atoms with E-state index in [0.29, 0.717) is 16.8 Å². The molecular weight excluding hydrogens is 456 g/mol. The van der Waals surface area contributed by atoms with Crippen LogP contribution in [0.3, 0.4) is 0 Å². The van der Waals surface area contributed by atoms with Gasteiger partial charge >= 0.3 is 18.3 Å². The predicted molar refractivity (Wildman–Crippen MR) is 86.0 cm³/mol. The first-order valence-electron chi connectivity index (χ1n) is 7.53. The molecule has 0 spiro atoms. The molecule has 0 radical (unpaired) electrons. The molecule has 1 unspecified atom stereocenters. The van der Waals surface area contributed by atoms with Crippen molar-refractivity contribution in [3.8, 4) is 11.4 Å². The molecule has 0 amide bonds. The zero-order valence-electron chi connectivity index (χ0n) is 14.0. The van der Waals surface area contributed by atoms with E-state index in [9.17, 15) is 39.7 Å². The Kier molecular flexibility index (Phi) is 5.28. The van der Waals surface area contributed by atoms with E-state index >= 15 is 0 Å². The number of alkyl halides is 8. The summed E-state index contributed by atoms with van der Waals surface area (Å²) >= 11 is -1.92. The van der Waals surface area contributed by atoms with Gasteiger partial charge in [-0.3, -0.25) is 0 Å². The molecule has 0 saturated heterocycles. The summed E-state index contributed by atoms with van der Waals surface area (Å²) in [5.74, 6) is -5.24. The highest BCUT2D eigenvalue weighted by Crippen LogP contribution is 2.45. The minimum absolute atomic E-state index is 0.0389. The summed E-state index contributed by atoms with van der Waals surface area (Å²) in [4.78, 5) is 6.77. The summed E-state index contributed by atoms with van der Waals surface area (Å²) in [5.41, 5.74) is -1.54. The van der Waals surface area contributed by atoms with Crippen molar-refractivity contribution in [2.45, 2.75) is 30.1 Å². The third-order valence-corrected chi connectivity index (χ3v) is 5.92. The van der Waals surface area contributed by atoms with Crippen molar-refractivity contribution >= 4 is 27.5 Å². The van der Waals surface area contributed by atoms with Crippen LogP contribution in [-0.2, 0) is 23.3 Å². The number of nitrogens with zero attached hydrogens (tertiary/aromatic N) is 4. The first-order valence-corrected chi connectivity index (χ1v) is 9.66. The Morgan fingerprint density at radius 3 is 2.31 bits per heavy atom. The van der Waals surface area contributed by atoms with Gasteiger partial charge in [0, 0.05) is 12.3 Å². The standard InChI is InChI=1S/C14H8F8N4OS2/c1-2-29(27)8-3-6(13(17,18)19)4-23-9(8)7-5-26-11(24-7)28-10(25-26)12(15,16)14(20,21)22/h3-5H,2H2,1H3. The van der Waals surface area contributed by atoms with Gasteiger partial charge in [-0.2, -0.15) is 40.2 Å². The Morgan fingerprint density at radius 1 is 1.14 bits per heavy atom. The molecular formula is C14H8F8N4OS2. The highest BCUT2D eigenvalue weighted by atomic mass is 32.2. The van der Waals surface area contributed by atoms with Crippen LogP contribution in [0.2, 0.25) is 0 Å². The maximum atomic E-state index is 13.4. The summed E-state index contributed by atoms with van der Waals surface area (Å²) in [6.07, 6.45) is -9.19. The smallest absolute Gasteiger partial charge is 0.460 e. The maximum absolute atomic E-state index is 13.4. The SMILES string of the molecule is CC[S+]([O-])c1cc(C(F)(F)F)cnc1-c1cn2nc(C(F)(F)C(F)(F)F)sc2n1. The molecule has 0 aliphatic carbocycles. The molecule has 29 heavy (non-hydrogen) atoms. The zero-order chi connectivity index (χ0) is 21.8. The Balaban J connectivity index is 2.08. The van der Waals surface area contributed by atoms with E-state index in [4.69, 9.17) is 0 Å². The van der Waals surface area contributed by atoms with Crippen molar-refractivity contribution in [1.82, 2.24) is 19.6 Å². The van der Waals surface area contributed by atoms with Gasteiger partial charge in [0.1, 0.15) is 17.1 Å². The summed E-state index contributed by atoms with van der Waals surface area (Å²) in [5, 5.41) is 1.62. The minimum Gasteiger partial charge on any atom is -0.611 e. The van der Waals surface area contributed by atoms with Crippen molar-refractivity contribution in [1.29, 1.82) is 0 Å². The number of hydrogen-bond donors (Lipinski definition) is 0. The first-order chi connectivity index (χ1) is 13.3. The van der Waals surface area contributed by atoms with Gasteiger partial charge in [-0.15, -0.1) is 0 Å². The first kappa shape index (κ1) is 21.7. The molecule has 3 heterocycles. The number of halogens is 8. The summed E-state index contributed by atoms with van der Waals surface area (Å²) in [7, 11) is 0. The van der Waals surface area contributed by atoms with E-state index in [1.54, 1.807) is 0 Å². The topological polar surface area (TPSA) is 66.1 Å². The second-order valence-corrected chi connectivity index (χ2v) is 8.20. The lowest BCUT2D eigenvalue weighted by Crippen LogP contribution is -2.33. The van der Waals surface area contributed by atoms with E-state index in [1.165, 1.54) is 6.92 Å². The Morgan fingerprint density at radius 2 is 1.79 bits per heavy atom. The van der Waals surface area contributed by atoms with Crippen LogP contribution in [0.4, 0.5) is 35.1 Å². The van der Waals surface area contributed by atoms with Crippen molar-refractivity contribution < 1.29 is 39.7 Å². The number of rotatable bonds is 4. The van der Waals surface area contributed by atoms with Crippen LogP contribution in [-0.4, -0.2) is 36.1 Å². The molecule has 3 aromatic rings. The van der Waals surface area contributed by atoms with Gasteiger partial charge in [-0.1, -0.05) is 11.3 Å². The van der Waals surface area contributed by atoms with Crippen LogP contribution in [0.15, 0.2) is 23.4 Å². The van der Waals surface area contributed by atoms with Crippen LogP contribution in [0.5, 0.6) is 0 Å². The van der Waals surface area contributed by atoms with E-state index in [1.807, 2.05) is 0 Å². The molecule has 1 atom stereocenters. The highest BCUT2D eigenvalue weighted by molar-refractivity contribution is 7.91. The van der Waals surface area contributed by atoms with Gasteiger partial charge in [-0.05, 0) is 18.1 Å². The molecule has 0 bridgehead atoms. The predicted octanol–water partition coefficient (Wildman–Crippen LogP) is 4.65. The number of imidazole rings is 1. The average Bonchev–Trinajstić information content (AvgIpc) is 3.18. The van der Waals surface area contributed by atoms with Crippen molar-refractivity contribution in [3.05, 3.63) is 29.0 Å². The van der Waals surface area contributed by atoms with Crippen LogP contribution < -0.4 is 0 Å². The van der Waals surface area contributed by atoms with Crippen molar-refractivity contribution in [2.24, 2.45) is 0 Å². The summed E-state index contributed by atoms with van der Waals surface area (Å²) < 4.78 is 116. The number of aromatic nitrogens is 4. The fourth-order valence-electron chi connectivity index (χ4n) is 2.18. The number of pyridine rings is 1. The van der Waals surface area contributed by atoms with Crippen LogP contribution >= 0.6 is 11.3 Å². The lowest BCUT2D eigenvalue weighted by atomic mass is 10.2. The van der Waals surface area contributed by atoms with Gasteiger partial charge < -0.3 is 4.55 Å². The minimum atomic E-state index is -5.86. The van der Waals surface area contributed by atoms with E-state index in [2.05, 4.69) is 15.1 Å². The maximum Gasteiger partial charge on any atom is 0.460 e. The zero-order valence-corrected chi connectivity index (χ0v) is 15.6. The molecule has 0 aromatic carbocycles. The van der Waals surface area contributed by atoms with Crippen LogP contribution in [0.1, 0.15) is 17.5 Å². The average molecular weight is 464 g/mol. The van der Waals surface area contributed by atoms with Crippen molar-refractivity contribution in [3.63, 3.8) is 0 Å². The lowest BCUT2D eigenvalue weighted by molar-refractivity contribution is -0.289. The molecule has 3 aromatic heterocycles. The molecule has 0 aliphatic heterocycles. The van der Waals surface area contributed by atoms with E-state index in [-0.39, 0.29) is 38.3 Å². The summed E-state index contributed by atoms with van der Waals surface area (Å²) in [6.45, 7) is 1.46. The normalized spacial score (nSPS) is 14.6. The molecule has 3 rings (SSSR count). The van der Waals surface area contributed by atoms with Crippen molar-refractivity contribution in [2.75, 3.05) is 5.75 Å². The Hall–Kier alpha value is -2.00. The lowest BCUT2D eigenvalue weighted by Gasteiger charge is -2.15. The van der Waals surface area contributed by atoms with E-state index < -0.39 is 40.0 Å². The fraction of sp³-hybridized carbons (Fsp3) is 0.357. The molecule has 0 N–H and O–H groups in total. The molecule has 0 fully saturated rings. The fourth-order valence-corrected chi connectivity index (χ4v) is 4.00. The number of fused-ring (bicyclic) bond motifs is 1. The second kappa shape index (κ2) is 7.05. The quantitative estimate of drug-likeness (QED) is 0.417. The van der Waals surface area contributed by atoms with Crippen LogP contribution in [0.25, 0.3) is 16.3 Å². The summed E-state index contributed by atoms with van der Waals surface area (Å²) in [6, 6.07) is 0.631. The highest BCUT2D eigenvalue weighted by Gasteiger charge is 2.61. The van der Waals surface area contributed by atoms with Gasteiger partial charge in [0.15, 0.2) is 9.90 Å². The Labute approximate surface area is 163 Å². The van der Waals surface area contributed by atoms with E-state index in [0.717, 1.165) is 6.20 Å². The molecule has 158 valence electrons. The van der Waals surface area contributed by atoms with Gasteiger partial charge in [0.05, 0.1) is 11.8 Å². The van der Waals surface area contributed by atoms with Crippen LogP contribution in [0, 0.1) is 0 Å². The Bertz CT molecular complexity index is 1010. The third-order valence-electron chi connectivity index (χ3n) is 3.60. The third kappa shape index (κ3) is 3.90. The number of hydrogen-bond acceptors (Lipinski definition) is 5.